The second-order valence-electron chi connectivity index (χ2n) is 5.84. The van der Waals surface area contributed by atoms with Crippen molar-refractivity contribution in [2.45, 2.75) is 52.6 Å². The Morgan fingerprint density at radius 3 is 2.33 bits per heavy atom. The number of nitrogens with two attached hydrogens (primary N) is 1. The number of hydrogen-bond acceptors (Lipinski definition) is 3. The van der Waals surface area contributed by atoms with Crippen LogP contribution in [0.25, 0.3) is 0 Å². The quantitative estimate of drug-likeness (QED) is 0.634. The predicted octanol–water partition coefficient (Wildman–Crippen LogP) is 3.08. The number of rotatable bonds is 6. The van der Waals surface area contributed by atoms with Crippen LogP contribution in [0.5, 0.6) is 0 Å². The first-order chi connectivity index (χ1) is 10.0. The molecule has 0 aliphatic rings. The molecule has 0 radical (unpaired) electrons. The Labute approximate surface area is 127 Å². The summed E-state index contributed by atoms with van der Waals surface area (Å²) >= 11 is 0. The first-order valence-corrected chi connectivity index (χ1v) is 7.64. The van der Waals surface area contributed by atoms with Gasteiger partial charge in [0.05, 0.1) is 11.7 Å². The fourth-order valence-electron chi connectivity index (χ4n) is 2.63. The number of nitrogens with one attached hydrogen (secondary N) is 1. The van der Waals surface area contributed by atoms with Crippen molar-refractivity contribution in [3.8, 4) is 0 Å². The molecule has 4 heteroatoms. The van der Waals surface area contributed by atoms with Crippen LogP contribution in [0, 0.1) is 6.92 Å². The van der Waals surface area contributed by atoms with Crippen molar-refractivity contribution in [1.29, 1.82) is 0 Å². The minimum atomic E-state index is 0.104. The maximum absolute atomic E-state index is 5.77. The third-order valence-electron chi connectivity index (χ3n) is 3.90. The molecule has 21 heavy (non-hydrogen) atoms. The zero-order chi connectivity index (χ0) is 15.4. The van der Waals surface area contributed by atoms with E-state index in [9.17, 15) is 0 Å². The van der Waals surface area contributed by atoms with Crippen molar-refractivity contribution in [3.63, 3.8) is 0 Å². The van der Waals surface area contributed by atoms with Gasteiger partial charge in [-0.3, -0.25) is 16.0 Å². The van der Waals surface area contributed by atoms with Gasteiger partial charge in [-0.15, -0.1) is 0 Å². The van der Waals surface area contributed by atoms with Gasteiger partial charge in [0.25, 0.3) is 0 Å². The maximum atomic E-state index is 5.77. The molecule has 0 saturated heterocycles. The Bertz CT molecular complexity index is 569. The lowest BCUT2D eigenvalue weighted by Gasteiger charge is -2.18. The van der Waals surface area contributed by atoms with Gasteiger partial charge in [-0.05, 0) is 37.0 Å². The lowest BCUT2D eigenvalue weighted by atomic mass is 9.97. The van der Waals surface area contributed by atoms with Crippen molar-refractivity contribution in [3.05, 3.63) is 52.8 Å². The average molecular weight is 286 g/mol. The van der Waals surface area contributed by atoms with E-state index in [-0.39, 0.29) is 6.04 Å². The van der Waals surface area contributed by atoms with Gasteiger partial charge in [-0.25, -0.2) is 0 Å². The maximum Gasteiger partial charge on any atom is 0.0596 e. The molecule has 0 saturated carbocycles. The third kappa shape index (κ3) is 3.71. The number of hydrazine groups is 1. The molecule has 1 heterocycles. The van der Waals surface area contributed by atoms with E-state index in [1.54, 1.807) is 0 Å². The largest absolute Gasteiger partial charge is 0.271 e. The average Bonchev–Trinajstić information content (AvgIpc) is 2.84. The minimum absolute atomic E-state index is 0.104. The van der Waals surface area contributed by atoms with Gasteiger partial charge < -0.3 is 0 Å². The second kappa shape index (κ2) is 6.87. The Kier molecular flexibility index (Phi) is 5.15. The Hall–Kier alpha value is -1.65. The molecule has 2 rings (SSSR count). The molecule has 1 unspecified atom stereocenters. The van der Waals surface area contributed by atoms with Crippen LogP contribution in [0.15, 0.2) is 30.3 Å². The van der Waals surface area contributed by atoms with Gasteiger partial charge in [-0.2, -0.15) is 5.10 Å². The normalized spacial score (nSPS) is 12.9. The lowest BCUT2D eigenvalue weighted by Crippen LogP contribution is -2.30. The highest BCUT2D eigenvalue weighted by Crippen LogP contribution is 2.21. The van der Waals surface area contributed by atoms with E-state index < -0.39 is 0 Å². The summed E-state index contributed by atoms with van der Waals surface area (Å²) in [4.78, 5) is 0. The highest BCUT2D eigenvalue weighted by molar-refractivity contribution is 5.28. The smallest absolute Gasteiger partial charge is 0.0596 e. The second-order valence-corrected chi connectivity index (χ2v) is 5.84. The molecule has 1 atom stereocenters. The van der Waals surface area contributed by atoms with Gasteiger partial charge >= 0.3 is 0 Å². The summed E-state index contributed by atoms with van der Waals surface area (Å²) in [6.07, 6.45) is 0.839. The van der Waals surface area contributed by atoms with E-state index in [1.807, 2.05) is 11.6 Å². The molecule has 0 amide bonds. The van der Waals surface area contributed by atoms with E-state index in [0.717, 1.165) is 18.7 Å². The molecule has 114 valence electrons. The highest BCUT2D eigenvalue weighted by atomic mass is 15.3. The first-order valence-electron chi connectivity index (χ1n) is 7.64. The molecular weight excluding hydrogens is 260 g/mol. The SMILES string of the molecule is CCn1nc(C)cc1CC(NN)c1ccc(C(C)C)cc1. The molecule has 0 spiro atoms. The molecule has 0 aliphatic heterocycles. The van der Waals surface area contributed by atoms with Crippen LogP contribution in [-0.4, -0.2) is 9.78 Å². The van der Waals surface area contributed by atoms with E-state index >= 15 is 0 Å². The van der Waals surface area contributed by atoms with Crippen molar-refractivity contribution in [2.75, 3.05) is 0 Å². The number of aromatic nitrogens is 2. The van der Waals surface area contributed by atoms with Crippen LogP contribution in [-0.2, 0) is 13.0 Å². The van der Waals surface area contributed by atoms with Gasteiger partial charge in [-0.1, -0.05) is 38.1 Å². The molecule has 0 aliphatic carbocycles. The van der Waals surface area contributed by atoms with Gasteiger partial charge in [0.15, 0.2) is 0 Å². The number of nitrogens with zero attached hydrogens (tertiary/aromatic N) is 2. The summed E-state index contributed by atoms with van der Waals surface area (Å²) in [5.74, 6) is 6.32. The standard InChI is InChI=1S/C17H26N4/c1-5-21-16(10-13(4)20-21)11-17(19-18)15-8-6-14(7-9-15)12(2)3/h6-10,12,17,19H,5,11,18H2,1-4H3. The van der Waals surface area contributed by atoms with Crippen LogP contribution in [0.1, 0.15) is 55.2 Å². The van der Waals surface area contributed by atoms with Crippen LogP contribution in [0.3, 0.4) is 0 Å². The van der Waals surface area contributed by atoms with Crippen LogP contribution < -0.4 is 11.3 Å². The summed E-state index contributed by atoms with van der Waals surface area (Å²) in [7, 11) is 0. The third-order valence-corrected chi connectivity index (χ3v) is 3.90. The van der Waals surface area contributed by atoms with Gasteiger partial charge in [0.2, 0.25) is 0 Å². The molecule has 1 aromatic carbocycles. The van der Waals surface area contributed by atoms with Gasteiger partial charge in [0.1, 0.15) is 0 Å². The summed E-state index contributed by atoms with van der Waals surface area (Å²) < 4.78 is 2.04. The van der Waals surface area contributed by atoms with Crippen LogP contribution >= 0.6 is 0 Å². The number of hydrogen-bond donors (Lipinski definition) is 2. The predicted molar refractivity (Wildman–Crippen MR) is 86.9 cm³/mol. The van der Waals surface area contributed by atoms with Crippen LogP contribution in [0.2, 0.25) is 0 Å². The zero-order valence-electron chi connectivity index (χ0n) is 13.4. The Balaban J connectivity index is 2.19. The first kappa shape index (κ1) is 15.7. The Morgan fingerprint density at radius 1 is 1.19 bits per heavy atom. The Morgan fingerprint density at radius 2 is 1.81 bits per heavy atom. The summed E-state index contributed by atoms with van der Waals surface area (Å²) in [6.45, 7) is 9.43. The summed E-state index contributed by atoms with van der Waals surface area (Å²) in [5.41, 5.74) is 7.76. The van der Waals surface area contributed by atoms with E-state index in [1.165, 1.54) is 16.8 Å². The van der Waals surface area contributed by atoms with Crippen LogP contribution in [0.4, 0.5) is 0 Å². The molecule has 3 N–H and O–H groups in total. The molecule has 4 nitrogen and oxygen atoms in total. The van der Waals surface area contributed by atoms with E-state index in [4.69, 9.17) is 5.84 Å². The van der Waals surface area contributed by atoms with Crippen molar-refractivity contribution < 1.29 is 0 Å². The van der Waals surface area contributed by atoms with Gasteiger partial charge in [0, 0.05) is 18.7 Å². The summed E-state index contributed by atoms with van der Waals surface area (Å²) in [6, 6.07) is 10.9. The van der Waals surface area contributed by atoms with Crippen molar-refractivity contribution >= 4 is 0 Å². The highest BCUT2D eigenvalue weighted by Gasteiger charge is 2.14. The molecule has 0 fully saturated rings. The van der Waals surface area contributed by atoms with E-state index in [0.29, 0.717) is 5.92 Å². The van der Waals surface area contributed by atoms with Crippen molar-refractivity contribution in [1.82, 2.24) is 15.2 Å². The summed E-state index contributed by atoms with van der Waals surface area (Å²) in [5, 5.41) is 4.50. The number of aryl methyl sites for hydroxylation is 2. The fraction of sp³-hybridized carbons (Fsp3) is 0.471. The number of benzene rings is 1. The molecule has 2 aromatic rings. The topological polar surface area (TPSA) is 55.9 Å². The molecular formula is C17H26N4. The lowest BCUT2D eigenvalue weighted by molar-refractivity contribution is 0.517. The minimum Gasteiger partial charge on any atom is -0.271 e. The van der Waals surface area contributed by atoms with E-state index in [2.05, 4.69) is 61.6 Å². The van der Waals surface area contributed by atoms with Crippen molar-refractivity contribution in [2.24, 2.45) is 5.84 Å². The fourth-order valence-corrected chi connectivity index (χ4v) is 2.63. The monoisotopic (exact) mass is 286 g/mol. The molecule has 0 bridgehead atoms. The zero-order valence-corrected chi connectivity index (χ0v) is 13.4. The molecule has 1 aromatic heterocycles.